The highest BCUT2D eigenvalue weighted by atomic mass is 32.1. The van der Waals surface area contributed by atoms with Crippen molar-refractivity contribution < 1.29 is 0 Å². The van der Waals surface area contributed by atoms with Crippen LogP contribution in [0.5, 0.6) is 0 Å². The van der Waals surface area contributed by atoms with Crippen molar-refractivity contribution in [1.82, 2.24) is 15.0 Å². The van der Waals surface area contributed by atoms with Crippen LogP contribution in [0.2, 0.25) is 0 Å². The Bertz CT molecular complexity index is 1360. The Balaban J connectivity index is 1.29. The fourth-order valence-electron chi connectivity index (χ4n) is 3.51. The summed E-state index contributed by atoms with van der Waals surface area (Å²) in [7, 11) is 0. The Labute approximate surface area is 178 Å². The number of hydrogen-bond donors (Lipinski definition) is 1. The fraction of sp³-hybridized carbons (Fsp3) is 0.0800. The highest BCUT2D eigenvalue weighted by Crippen LogP contribution is 2.26. The Kier molecular flexibility index (Phi) is 4.84. The topological polar surface area (TPSA) is 65.4 Å². The molecule has 30 heavy (non-hydrogen) atoms. The second kappa shape index (κ2) is 7.94. The number of hydrogen-bond acceptors (Lipinski definition) is 4. The molecule has 0 atom stereocenters. The number of nitrogens with one attached hydrogen (secondary N) is 1. The van der Waals surface area contributed by atoms with Crippen molar-refractivity contribution in [3.8, 4) is 17.3 Å². The molecular weight excluding hydrogens is 388 g/mol. The zero-order chi connectivity index (χ0) is 20.3. The summed E-state index contributed by atoms with van der Waals surface area (Å²) in [5.41, 5.74) is 5.01. The van der Waals surface area contributed by atoms with Crippen molar-refractivity contribution in [1.29, 1.82) is 5.26 Å². The number of nitriles is 1. The molecule has 0 bridgehead atoms. The first-order chi connectivity index (χ1) is 14.8. The minimum atomic E-state index is 0.671. The minimum absolute atomic E-state index is 0.671. The van der Waals surface area contributed by atoms with Gasteiger partial charge < -0.3 is 4.98 Å². The molecule has 144 valence electrons. The van der Waals surface area contributed by atoms with Gasteiger partial charge in [-0.15, -0.1) is 11.3 Å². The standard InChI is InChI=1S/C25H18N4S/c26-14-18-7-5-17(6-8-18)11-24-27-15-22(28-24)13-25-29-23(16-30-25)21-10-9-19-3-1-2-4-20(19)12-21/h1-10,12,15-16H,11,13H2,(H,27,28). The molecule has 1 N–H and O–H groups in total. The zero-order valence-corrected chi connectivity index (χ0v) is 17.0. The molecule has 0 amide bonds. The van der Waals surface area contributed by atoms with Gasteiger partial charge in [0.25, 0.3) is 0 Å². The molecule has 2 aromatic heterocycles. The van der Waals surface area contributed by atoms with Crippen LogP contribution >= 0.6 is 11.3 Å². The minimum Gasteiger partial charge on any atom is -0.345 e. The van der Waals surface area contributed by atoms with Crippen LogP contribution in [0.1, 0.15) is 27.7 Å². The predicted octanol–water partition coefficient (Wildman–Crippen LogP) is 5.74. The van der Waals surface area contributed by atoms with Gasteiger partial charge in [-0.2, -0.15) is 5.26 Å². The third-order valence-corrected chi connectivity index (χ3v) is 5.92. The van der Waals surface area contributed by atoms with Gasteiger partial charge in [0.1, 0.15) is 5.82 Å². The molecule has 3 aromatic carbocycles. The van der Waals surface area contributed by atoms with Crippen LogP contribution in [-0.2, 0) is 12.8 Å². The molecule has 4 nitrogen and oxygen atoms in total. The number of H-pyrrole nitrogens is 1. The van der Waals surface area contributed by atoms with Gasteiger partial charge >= 0.3 is 0 Å². The Morgan fingerprint density at radius 2 is 1.77 bits per heavy atom. The fourth-order valence-corrected chi connectivity index (χ4v) is 4.34. The third kappa shape index (κ3) is 3.86. The van der Waals surface area contributed by atoms with Gasteiger partial charge in [-0.05, 0) is 34.5 Å². The number of rotatable bonds is 5. The zero-order valence-electron chi connectivity index (χ0n) is 16.2. The van der Waals surface area contributed by atoms with E-state index in [0.717, 1.165) is 39.8 Å². The summed E-state index contributed by atoms with van der Waals surface area (Å²) in [6, 6.07) is 24.6. The summed E-state index contributed by atoms with van der Waals surface area (Å²) < 4.78 is 0. The van der Waals surface area contributed by atoms with Crippen molar-refractivity contribution in [2.75, 3.05) is 0 Å². The Morgan fingerprint density at radius 1 is 0.933 bits per heavy atom. The van der Waals surface area contributed by atoms with Crippen LogP contribution in [0.3, 0.4) is 0 Å². The van der Waals surface area contributed by atoms with Gasteiger partial charge in [-0.1, -0.05) is 48.5 Å². The van der Waals surface area contributed by atoms with Gasteiger partial charge in [-0.25, -0.2) is 9.97 Å². The first-order valence-electron chi connectivity index (χ1n) is 9.72. The molecule has 0 aliphatic heterocycles. The Hall–Kier alpha value is -3.75. The molecule has 0 aliphatic rings. The number of benzene rings is 3. The first kappa shape index (κ1) is 18.3. The van der Waals surface area contributed by atoms with E-state index in [1.54, 1.807) is 11.3 Å². The molecular formula is C25H18N4S. The van der Waals surface area contributed by atoms with E-state index in [9.17, 15) is 0 Å². The van der Waals surface area contributed by atoms with Crippen LogP contribution in [0.4, 0.5) is 0 Å². The summed E-state index contributed by atoms with van der Waals surface area (Å²) in [4.78, 5) is 12.7. The second-order valence-electron chi connectivity index (χ2n) is 7.21. The average Bonchev–Trinajstić information content (AvgIpc) is 3.44. The summed E-state index contributed by atoms with van der Waals surface area (Å²) in [6.07, 6.45) is 3.33. The molecule has 5 aromatic rings. The smallest absolute Gasteiger partial charge is 0.110 e. The molecule has 5 rings (SSSR count). The average molecular weight is 407 g/mol. The van der Waals surface area contributed by atoms with E-state index in [1.807, 2.05) is 30.5 Å². The van der Waals surface area contributed by atoms with E-state index in [0.29, 0.717) is 12.0 Å². The maximum atomic E-state index is 8.91. The van der Waals surface area contributed by atoms with Crippen molar-refractivity contribution in [3.05, 3.63) is 106 Å². The summed E-state index contributed by atoms with van der Waals surface area (Å²) in [6.45, 7) is 0. The molecule has 5 heteroatoms. The molecule has 0 unspecified atom stereocenters. The number of thiazole rings is 1. The lowest BCUT2D eigenvalue weighted by Gasteiger charge is -2.01. The van der Waals surface area contributed by atoms with Crippen LogP contribution in [0.25, 0.3) is 22.0 Å². The molecule has 0 aliphatic carbocycles. The third-order valence-electron chi connectivity index (χ3n) is 5.07. The van der Waals surface area contributed by atoms with E-state index in [1.165, 1.54) is 10.8 Å². The normalized spacial score (nSPS) is 10.9. The first-order valence-corrected chi connectivity index (χ1v) is 10.6. The molecule has 0 radical (unpaired) electrons. The quantitative estimate of drug-likeness (QED) is 0.405. The predicted molar refractivity (Wildman–Crippen MR) is 120 cm³/mol. The monoisotopic (exact) mass is 406 g/mol. The number of nitrogens with zero attached hydrogens (tertiary/aromatic N) is 3. The number of aromatic nitrogens is 3. The highest BCUT2D eigenvalue weighted by Gasteiger charge is 2.09. The van der Waals surface area contributed by atoms with E-state index in [-0.39, 0.29) is 0 Å². The SMILES string of the molecule is N#Cc1ccc(Cc2ncc(Cc3nc(-c4ccc5ccccc5c4)cs3)[nH]2)cc1. The van der Waals surface area contributed by atoms with Gasteiger partial charge in [0.05, 0.1) is 22.3 Å². The Morgan fingerprint density at radius 3 is 2.60 bits per heavy atom. The van der Waals surface area contributed by atoms with E-state index in [2.05, 4.69) is 63.9 Å². The molecule has 0 saturated carbocycles. The maximum Gasteiger partial charge on any atom is 0.110 e. The van der Waals surface area contributed by atoms with Crippen molar-refractivity contribution >= 4 is 22.1 Å². The lowest BCUT2D eigenvalue weighted by molar-refractivity contribution is 0.995. The van der Waals surface area contributed by atoms with E-state index in [4.69, 9.17) is 10.2 Å². The van der Waals surface area contributed by atoms with Crippen LogP contribution in [-0.4, -0.2) is 15.0 Å². The van der Waals surface area contributed by atoms with Crippen LogP contribution in [0, 0.1) is 11.3 Å². The molecule has 2 heterocycles. The number of aromatic amines is 1. The van der Waals surface area contributed by atoms with Gasteiger partial charge in [-0.3, -0.25) is 0 Å². The summed E-state index contributed by atoms with van der Waals surface area (Å²) in [5, 5.41) is 14.6. The number of fused-ring (bicyclic) bond motifs is 1. The second-order valence-corrected chi connectivity index (χ2v) is 8.15. The molecule has 0 spiro atoms. The van der Waals surface area contributed by atoms with Gasteiger partial charge in [0.2, 0.25) is 0 Å². The van der Waals surface area contributed by atoms with E-state index >= 15 is 0 Å². The molecule has 0 fully saturated rings. The van der Waals surface area contributed by atoms with Crippen molar-refractivity contribution in [3.63, 3.8) is 0 Å². The van der Waals surface area contributed by atoms with Gasteiger partial charge in [0.15, 0.2) is 0 Å². The number of imidazole rings is 1. The van der Waals surface area contributed by atoms with Crippen LogP contribution in [0.15, 0.2) is 78.3 Å². The summed E-state index contributed by atoms with van der Waals surface area (Å²) >= 11 is 1.67. The largest absolute Gasteiger partial charge is 0.345 e. The van der Waals surface area contributed by atoms with Gasteiger partial charge in [0, 0.05) is 35.7 Å². The highest BCUT2D eigenvalue weighted by molar-refractivity contribution is 7.10. The molecule has 0 saturated heterocycles. The van der Waals surface area contributed by atoms with Crippen molar-refractivity contribution in [2.24, 2.45) is 0 Å². The van der Waals surface area contributed by atoms with Crippen molar-refractivity contribution in [2.45, 2.75) is 12.8 Å². The maximum absolute atomic E-state index is 8.91. The lowest BCUT2D eigenvalue weighted by atomic mass is 10.1. The van der Waals surface area contributed by atoms with Crippen LogP contribution < -0.4 is 0 Å². The lowest BCUT2D eigenvalue weighted by Crippen LogP contribution is -1.92. The van der Waals surface area contributed by atoms with E-state index < -0.39 is 0 Å². The summed E-state index contributed by atoms with van der Waals surface area (Å²) in [5.74, 6) is 0.918.